The highest BCUT2D eigenvalue weighted by molar-refractivity contribution is 5.96. The van der Waals surface area contributed by atoms with Crippen LogP contribution >= 0.6 is 0 Å². The summed E-state index contributed by atoms with van der Waals surface area (Å²) in [5, 5.41) is 9.84. The fourth-order valence-corrected chi connectivity index (χ4v) is 8.52. The molecule has 36 heavy (non-hydrogen) atoms. The lowest BCUT2D eigenvalue weighted by Gasteiger charge is -2.58. The zero-order valence-electron chi connectivity index (χ0n) is 22.1. The summed E-state index contributed by atoms with van der Waals surface area (Å²) in [6.07, 6.45) is 14.5. The van der Waals surface area contributed by atoms with E-state index in [1.807, 2.05) is 6.08 Å². The summed E-state index contributed by atoms with van der Waals surface area (Å²) in [4.78, 5) is 25.0. The zero-order chi connectivity index (χ0) is 25.7. The van der Waals surface area contributed by atoms with E-state index in [4.69, 9.17) is 9.47 Å². The number of esters is 1. The first-order chi connectivity index (χ1) is 17.2. The van der Waals surface area contributed by atoms with Gasteiger partial charge >= 0.3 is 5.97 Å². The molecule has 0 radical (unpaired) electrons. The summed E-state index contributed by atoms with van der Waals surface area (Å²) in [7, 11) is 1.53. The van der Waals surface area contributed by atoms with Crippen LogP contribution in [0.1, 0.15) is 77.7 Å². The molecule has 4 aliphatic rings. The molecule has 1 aromatic carbocycles. The first kappa shape index (κ1) is 25.1. The van der Waals surface area contributed by atoms with E-state index in [1.165, 1.54) is 26.0 Å². The van der Waals surface area contributed by atoms with Crippen LogP contribution in [0.15, 0.2) is 35.9 Å². The van der Waals surface area contributed by atoms with Gasteiger partial charge in [0.05, 0.1) is 7.11 Å². The van der Waals surface area contributed by atoms with E-state index in [0.717, 1.165) is 50.5 Å². The van der Waals surface area contributed by atoms with Crippen molar-refractivity contribution in [2.45, 2.75) is 78.2 Å². The van der Waals surface area contributed by atoms with Gasteiger partial charge in [-0.1, -0.05) is 37.6 Å². The second-order valence-corrected chi connectivity index (χ2v) is 12.1. The number of carbonyl (C=O) groups is 2. The van der Waals surface area contributed by atoms with E-state index in [2.05, 4.69) is 19.9 Å². The Bertz CT molecular complexity index is 1100. The number of allylic oxidation sites excluding steroid dienone is 2. The summed E-state index contributed by atoms with van der Waals surface area (Å²) in [6, 6.07) is 5.16. The second kappa shape index (κ2) is 9.39. The highest BCUT2D eigenvalue weighted by Gasteiger charge is 2.59. The maximum Gasteiger partial charge on any atom is 0.302 e. The predicted octanol–water partition coefficient (Wildman–Crippen LogP) is 6.49. The van der Waals surface area contributed by atoms with Crippen LogP contribution in [0.2, 0.25) is 0 Å². The van der Waals surface area contributed by atoms with Gasteiger partial charge in [0, 0.05) is 19.3 Å². The van der Waals surface area contributed by atoms with Gasteiger partial charge in [-0.15, -0.1) is 0 Å². The number of methoxy groups -OCH3 is 1. The molecular formula is C31H40O5. The zero-order valence-corrected chi connectivity index (χ0v) is 22.1. The topological polar surface area (TPSA) is 72.8 Å². The first-order valence-corrected chi connectivity index (χ1v) is 13.6. The molecule has 0 aliphatic heterocycles. The molecule has 0 heterocycles. The molecular weight excluding hydrogens is 452 g/mol. The Morgan fingerprint density at radius 2 is 1.89 bits per heavy atom. The molecule has 0 aromatic heterocycles. The number of phenols is 1. The Hall–Kier alpha value is -2.56. The van der Waals surface area contributed by atoms with Gasteiger partial charge in [0.2, 0.25) is 0 Å². The highest BCUT2D eigenvalue weighted by atomic mass is 16.5. The summed E-state index contributed by atoms with van der Waals surface area (Å²) >= 11 is 0. The number of hydrogen-bond acceptors (Lipinski definition) is 5. The fraction of sp³-hybridized carbons (Fsp3) is 0.613. The quantitative estimate of drug-likeness (QED) is 0.289. The number of phenolic OH excluding ortho intramolecular Hbond substituents is 1. The molecule has 0 unspecified atom stereocenters. The van der Waals surface area contributed by atoms with Crippen LogP contribution in [0.3, 0.4) is 0 Å². The van der Waals surface area contributed by atoms with Crippen molar-refractivity contribution < 1.29 is 24.2 Å². The third-order valence-corrected chi connectivity index (χ3v) is 10.4. The Labute approximate surface area is 214 Å². The Morgan fingerprint density at radius 3 is 2.64 bits per heavy atom. The minimum absolute atomic E-state index is 0.0288. The van der Waals surface area contributed by atoms with Crippen molar-refractivity contribution in [1.29, 1.82) is 0 Å². The minimum Gasteiger partial charge on any atom is -0.504 e. The number of fused-ring (bicyclic) bond motifs is 5. The summed E-state index contributed by atoms with van der Waals surface area (Å²) in [6.45, 7) is 6.34. The minimum atomic E-state index is -0.174. The first-order valence-electron chi connectivity index (χ1n) is 13.6. The third kappa shape index (κ3) is 4.18. The molecule has 3 saturated carbocycles. The Balaban J connectivity index is 1.32. The number of hydrogen-bond donors (Lipinski definition) is 1. The molecule has 0 saturated heterocycles. The van der Waals surface area contributed by atoms with Crippen molar-refractivity contribution in [2.24, 2.45) is 34.5 Å². The third-order valence-electron chi connectivity index (χ3n) is 10.4. The van der Waals surface area contributed by atoms with Crippen molar-refractivity contribution in [2.75, 3.05) is 7.11 Å². The van der Waals surface area contributed by atoms with Crippen LogP contribution in [0.25, 0.3) is 6.08 Å². The number of aromatic hydroxyl groups is 1. The van der Waals surface area contributed by atoms with Gasteiger partial charge in [0.1, 0.15) is 6.10 Å². The van der Waals surface area contributed by atoms with Gasteiger partial charge in [-0.25, -0.2) is 0 Å². The van der Waals surface area contributed by atoms with Crippen molar-refractivity contribution in [3.8, 4) is 11.5 Å². The van der Waals surface area contributed by atoms with Gasteiger partial charge in [-0.2, -0.15) is 0 Å². The van der Waals surface area contributed by atoms with E-state index in [1.54, 1.807) is 24.3 Å². The molecule has 194 valence electrons. The Morgan fingerprint density at radius 1 is 1.08 bits per heavy atom. The molecule has 3 fully saturated rings. The van der Waals surface area contributed by atoms with E-state index in [9.17, 15) is 14.7 Å². The number of benzene rings is 1. The predicted molar refractivity (Wildman–Crippen MR) is 139 cm³/mol. The van der Waals surface area contributed by atoms with Gasteiger partial charge in [0.15, 0.2) is 17.3 Å². The van der Waals surface area contributed by atoms with Crippen LogP contribution < -0.4 is 4.74 Å². The average Bonchev–Trinajstić information content (AvgIpc) is 3.20. The lowest BCUT2D eigenvalue weighted by atomic mass is 9.47. The largest absolute Gasteiger partial charge is 0.504 e. The molecule has 1 aromatic rings. The van der Waals surface area contributed by atoms with E-state index < -0.39 is 0 Å². The summed E-state index contributed by atoms with van der Waals surface area (Å²) in [5.41, 5.74) is 2.60. The standard InChI is InChI=1S/C31H40O5/c1-19(32)36-22-13-15-30(2)21(18-22)7-8-23-24-9-10-26(31(24,3)16-14-25(23)30)27(33)11-5-20-6-12-28(34)29(17-20)35-4/h5-7,11-12,17,22-26,34H,8-10,13-16,18H2,1-4H3/b11-5+/t22-,23-,24-,25-,26+,30-,31-/m0/s1. The lowest BCUT2D eigenvalue weighted by molar-refractivity contribution is -0.149. The number of ketones is 1. The Kier molecular flexibility index (Phi) is 6.55. The lowest BCUT2D eigenvalue weighted by Crippen LogP contribution is -2.51. The normalized spacial score (nSPS) is 37.4. The van der Waals surface area contributed by atoms with Gasteiger partial charge < -0.3 is 14.6 Å². The number of ether oxygens (including phenoxy) is 2. The van der Waals surface area contributed by atoms with E-state index >= 15 is 0 Å². The van der Waals surface area contributed by atoms with Crippen LogP contribution in [0.4, 0.5) is 0 Å². The molecule has 5 rings (SSSR count). The van der Waals surface area contributed by atoms with E-state index in [0.29, 0.717) is 23.5 Å². The number of rotatable bonds is 5. The van der Waals surface area contributed by atoms with Gasteiger partial charge in [0.25, 0.3) is 0 Å². The maximum atomic E-state index is 13.5. The average molecular weight is 493 g/mol. The molecule has 0 bridgehead atoms. The van der Waals surface area contributed by atoms with Crippen molar-refractivity contribution >= 4 is 17.8 Å². The SMILES string of the molecule is COc1cc(/C=C/C(=O)[C@H]2CC[C@H]3[C@@H]4CC=C5C[C@@H](OC(C)=O)CC[C@]5(C)[C@H]4CC[C@]23C)ccc1O. The van der Waals surface area contributed by atoms with Crippen LogP contribution in [0, 0.1) is 34.5 Å². The fourth-order valence-electron chi connectivity index (χ4n) is 8.52. The molecule has 0 amide bonds. The molecule has 4 aliphatic carbocycles. The smallest absolute Gasteiger partial charge is 0.302 e. The molecule has 5 nitrogen and oxygen atoms in total. The highest BCUT2D eigenvalue weighted by Crippen LogP contribution is 2.66. The van der Waals surface area contributed by atoms with Crippen LogP contribution in [-0.4, -0.2) is 30.1 Å². The molecule has 5 heteroatoms. The van der Waals surface area contributed by atoms with Crippen molar-refractivity contribution in [3.63, 3.8) is 0 Å². The summed E-state index contributed by atoms with van der Waals surface area (Å²) in [5.74, 6) is 2.49. The van der Waals surface area contributed by atoms with Gasteiger partial charge in [-0.05, 0) is 97.3 Å². The van der Waals surface area contributed by atoms with Crippen molar-refractivity contribution in [1.82, 2.24) is 0 Å². The monoisotopic (exact) mass is 492 g/mol. The molecule has 1 N–H and O–H groups in total. The van der Waals surface area contributed by atoms with E-state index in [-0.39, 0.29) is 40.4 Å². The second-order valence-electron chi connectivity index (χ2n) is 12.1. The molecule has 7 atom stereocenters. The summed E-state index contributed by atoms with van der Waals surface area (Å²) < 4.78 is 10.8. The van der Waals surface area contributed by atoms with Gasteiger partial charge in [-0.3, -0.25) is 9.59 Å². The van der Waals surface area contributed by atoms with Crippen LogP contribution in [-0.2, 0) is 14.3 Å². The van der Waals surface area contributed by atoms with Crippen LogP contribution in [0.5, 0.6) is 11.5 Å². The maximum absolute atomic E-state index is 13.5. The molecule has 0 spiro atoms. The number of carbonyl (C=O) groups excluding carboxylic acids is 2. The van der Waals surface area contributed by atoms with Crippen molar-refractivity contribution in [3.05, 3.63) is 41.5 Å².